The molecule has 0 aliphatic heterocycles. The summed E-state index contributed by atoms with van der Waals surface area (Å²) in [7, 11) is 1.66. The van der Waals surface area contributed by atoms with Gasteiger partial charge in [0.2, 0.25) is 5.89 Å². The molecule has 0 aliphatic rings. The monoisotopic (exact) mass is 262 g/mol. The molecule has 0 amide bonds. The molecular weight excluding hydrogens is 244 g/mol. The first-order valence-corrected chi connectivity index (χ1v) is 6.20. The quantitative estimate of drug-likeness (QED) is 0.796. The zero-order valence-corrected chi connectivity index (χ0v) is 11.1. The molecule has 6 heteroatoms. The number of hydrogen-bond acceptors (Lipinski definition) is 6. The molecule has 1 aromatic heterocycles. The van der Waals surface area contributed by atoms with Gasteiger partial charge in [0.05, 0.1) is 13.2 Å². The molecule has 0 saturated heterocycles. The number of rotatable bonds is 7. The lowest BCUT2D eigenvalue weighted by molar-refractivity contribution is 0.185. The van der Waals surface area contributed by atoms with Crippen molar-refractivity contribution in [2.24, 2.45) is 0 Å². The Labute approximate surface area is 112 Å². The van der Waals surface area contributed by atoms with Crippen LogP contribution in [0.4, 0.5) is 11.7 Å². The first kappa shape index (κ1) is 13.5. The molecule has 0 spiro atoms. The van der Waals surface area contributed by atoms with Crippen molar-refractivity contribution in [2.45, 2.75) is 20.1 Å². The van der Waals surface area contributed by atoms with E-state index in [-0.39, 0.29) is 0 Å². The maximum Gasteiger partial charge on any atom is 0.320 e. The minimum absolute atomic E-state index is 0.386. The third kappa shape index (κ3) is 3.77. The molecule has 2 N–H and O–H groups in total. The Morgan fingerprint density at radius 2 is 2.11 bits per heavy atom. The number of hydrogen-bond donors (Lipinski definition) is 2. The predicted octanol–water partition coefficient (Wildman–Crippen LogP) is 2.07. The van der Waals surface area contributed by atoms with Gasteiger partial charge in [-0.1, -0.05) is 30.2 Å². The van der Waals surface area contributed by atoms with E-state index >= 15 is 0 Å². The fraction of sp³-hybridized carbons (Fsp3) is 0.385. The summed E-state index contributed by atoms with van der Waals surface area (Å²) in [5.41, 5.74) is 1.94. The van der Waals surface area contributed by atoms with Gasteiger partial charge in [-0.2, -0.15) is 0 Å². The summed E-state index contributed by atoms with van der Waals surface area (Å²) >= 11 is 0. The van der Waals surface area contributed by atoms with E-state index in [4.69, 9.17) is 9.15 Å². The number of benzene rings is 1. The molecule has 0 aliphatic carbocycles. The van der Waals surface area contributed by atoms with Crippen LogP contribution in [0.5, 0.6) is 0 Å². The highest BCUT2D eigenvalue weighted by molar-refractivity contribution is 5.57. The van der Waals surface area contributed by atoms with E-state index in [1.807, 2.05) is 31.2 Å². The fourth-order valence-corrected chi connectivity index (χ4v) is 1.65. The predicted molar refractivity (Wildman–Crippen MR) is 72.1 cm³/mol. The molecular formula is C13H18N4O2. The van der Waals surface area contributed by atoms with Crippen molar-refractivity contribution >= 4 is 11.7 Å². The van der Waals surface area contributed by atoms with Gasteiger partial charge in [-0.05, 0) is 12.6 Å². The highest BCUT2D eigenvalue weighted by Gasteiger charge is 2.08. The number of methoxy groups -OCH3 is 1. The number of aromatic nitrogens is 2. The van der Waals surface area contributed by atoms with Crippen LogP contribution in [0.2, 0.25) is 0 Å². The molecule has 2 aromatic rings. The van der Waals surface area contributed by atoms with Crippen molar-refractivity contribution < 1.29 is 9.15 Å². The topological polar surface area (TPSA) is 72.2 Å². The number of nitrogens with zero attached hydrogens (tertiary/aromatic N) is 2. The van der Waals surface area contributed by atoms with Crippen molar-refractivity contribution in [1.82, 2.24) is 15.5 Å². The normalized spacial score (nSPS) is 10.6. The molecule has 0 radical (unpaired) electrons. The summed E-state index contributed by atoms with van der Waals surface area (Å²) in [5.74, 6) is 0.563. The van der Waals surface area contributed by atoms with E-state index in [2.05, 4.69) is 20.8 Å². The SMILES string of the molecule is CCNCc1nnc(Nc2ccccc2COC)o1. The first-order chi connectivity index (χ1) is 9.33. The molecule has 102 valence electrons. The summed E-state index contributed by atoms with van der Waals surface area (Å²) in [5, 5.41) is 14.1. The van der Waals surface area contributed by atoms with Gasteiger partial charge < -0.3 is 19.8 Å². The second kappa shape index (κ2) is 6.86. The minimum Gasteiger partial charge on any atom is -0.406 e. The minimum atomic E-state index is 0.386. The van der Waals surface area contributed by atoms with Crippen molar-refractivity contribution in [1.29, 1.82) is 0 Å². The van der Waals surface area contributed by atoms with Crippen LogP contribution in [-0.2, 0) is 17.9 Å². The van der Waals surface area contributed by atoms with Gasteiger partial charge in [-0.3, -0.25) is 0 Å². The van der Waals surface area contributed by atoms with Gasteiger partial charge in [-0.15, -0.1) is 5.10 Å². The van der Waals surface area contributed by atoms with Crippen LogP contribution in [0, 0.1) is 0 Å². The number of anilines is 2. The maximum absolute atomic E-state index is 5.49. The second-order valence-corrected chi connectivity index (χ2v) is 4.00. The lowest BCUT2D eigenvalue weighted by atomic mass is 10.2. The molecule has 0 bridgehead atoms. The highest BCUT2D eigenvalue weighted by Crippen LogP contribution is 2.20. The third-order valence-corrected chi connectivity index (χ3v) is 2.55. The summed E-state index contributed by atoms with van der Waals surface area (Å²) in [6.45, 7) is 3.99. The van der Waals surface area contributed by atoms with E-state index in [1.165, 1.54) is 0 Å². The van der Waals surface area contributed by atoms with Gasteiger partial charge in [0.15, 0.2) is 0 Å². The van der Waals surface area contributed by atoms with Crippen LogP contribution in [0.25, 0.3) is 0 Å². The van der Waals surface area contributed by atoms with E-state index in [9.17, 15) is 0 Å². The van der Waals surface area contributed by atoms with Crippen LogP contribution in [0.3, 0.4) is 0 Å². The van der Waals surface area contributed by atoms with Gasteiger partial charge >= 0.3 is 6.01 Å². The zero-order chi connectivity index (χ0) is 13.5. The molecule has 6 nitrogen and oxygen atoms in total. The maximum atomic E-state index is 5.49. The average Bonchev–Trinajstić information content (AvgIpc) is 2.87. The van der Waals surface area contributed by atoms with Crippen molar-refractivity contribution in [3.05, 3.63) is 35.7 Å². The lowest BCUT2D eigenvalue weighted by Crippen LogP contribution is -2.11. The largest absolute Gasteiger partial charge is 0.406 e. The van der Waals surface area contributed by atoms with Crippen LogP contribution in [0.15, 0.2) is 28.7 Å². The molecule has 0 unspecified atom stereocenters. The van der Waals surface area contributed by atoms with E-state index in [1.54, 1.807) is 7.11 Å². The molecule has 0 fully saturated rings. The summed E-state index contributed by atoms with van der Waals surface area (Å²) in [6.07, 6.45) is 0. The Morgan fingerprint density at radius 1 is 1.26 bits per heavy atom. The smallest absolute Gasteiger partial charge is 0.320 e. The van der Waals surface area contributed by atoms with Crippen molar-refractivity contribution in [3.63, 3.8) is 0 Å². The molecule has 0 saturated carbocycles. The molecule has 1 aromatic carbocycles. The molecule has 0 atom stereocenters. The highest BCUT2D eigenvalue weighted by atomic mass is 16.5. The van der Waals surface area contributed by atoms with Gasteiger partial charge in [0.1, 0.15) is 0 Å². The average molecular weight is 262 g/mol. The van der Waals surface area contributed by atoms with Crippen LogP contribution in [0.1, 0.15) is 18.4 Å². The first-order valence-electron chi connectivity index (χ1n) is 6.20. The molecule has 2 rings (SSSR count). The third-order valence-electron chi connectivity index (χ3n) is 2.55. The zero-order valence-electron chi connectivity index (χ0n) is 11.1. The van der Waals surface area contributed by atoms with Crippen LogP contribution in [-0.4, -0.2) is 23.9 Å². The number of para-hydroxylation sites is 1. The van der Waals surface area contributed by atoms with Gasteiger partial charge in [0.25, 0.3) is 0 Å². The van der Waals surface area contributed by atoms with E-state index < -0.39 is 0 Å². The number of nitrogens with one attached hydrogen (secondary N) is 2. The Balaban J connectivity index is 2.06. The Hall–Kier alpha value is -1.92. The molecule has 1 heterocycles. The second-order valence-electron chi connectivity index (χ2n) is 4.00. The summed E-state index contributed by atoms with van der Waals surface area (Å²) in [4.78, 5) is 0. The summed E-state index contributed by atoms with van der Waals surface area (Å²) in [6, 6.07) is 8.22. The van der Waals surface area contributed by atoms with Crippen LogP contribution >= 0.6 is 0 Å². The van der Waals surface area contributed by atoms with E-state index in [0.717, 1.165) is 17.8 Å². The van der Waals surface area contributed by atoms with E-state index in [0.29, 0.717) is 25.1 Å². The van der Waals surface area contributed by atoms with Crippen molar-refractivity contribution in [2.75, 3.05) is 19.0 Å². The Kier molecular flexibility index (Phi) is 4.88. The summed E-state index contributed by atoms with van der Waals surface area (Å²) < 4.78 is 10.6. The fourth-order valence-electron chi connectivity index (χ4n) is 1.65. The number of ether oxygens (including phenoxy) is 1. The van der Waals surface area contributed by atoms with Crippen molar-refractivity contribution in [3.8, 4) is 0 Å². The molecule has 19 heavy (non-hydrogen) atoms. The Bertz CT molecular complexity index is 513. The Morgan fingerprint density at radius 3 is 2.89 bits per heavy atom. The van der Waals surface area contributed by atoms with Crippen LogP contribution < -0.4 is 10.6 Å². The standard InChI is InChI=1S/C13H18N4O2/c1-3-14-8-12-16-17-13(19-12)15-11-7-5-4-6-10(11)9-18-2/h4-7,14H,3,8-9H2,1-2H3,(H,15,17). The van der Waals surface area contributed by atoms with Gasteiger partial charge in [-0.25, -0.2) is 0 Å². The van der Waals surface area contributed by atoms with Gasteiger partial charge in [0, 0.05) is 18.4 Å². The lowest BCUT2D eigenvalue weighted by Gasteiger charge is -2.07.